The Morgan fingerprint density at radius 3 is 2.57 bits per heavy atom. The third-order valence-corrected chi connectivity index (χ3v) is 7.40. The highest BCUT2D eigenvalue weighted by Gasteiger charge is 2.31. The van der Waals surface area contributed by atoms with Crippen molar-refractivity contribution in [2.24, 2.45) is 5.92 Å². The molecular formula is C28H30ClN5O3. The number of hydrogen-bond donors (Lipinski definition) is 2. The minimum absolute atomic E-state index is 0.00478. The molecule has 0 aliphatic carbocycles. The third-order valence-electron chi connectivity index (χ3n) is 7.19. The highest BCUT2D eigenvalue weighted by atomic mass is 35.5. The Bertz CT molecular complexity index is 1320. The Morgan fingerprint density at radius 1 is 1.08 bits per heavy atom. The zero-order valence-electron chi connectivity index (χ0n) is 20.7. The highest BCUT2D eigenvalue weighted by Crippen LogP contribution is 2.26. The molecule has 0 spiro atoms. The van der Waals surface area contributed by atoms with Crippen LogP contribution in [0.25, 0.3) is 10.9 Å². The second-order valence-electron chi connectivity index (χ2n) is 9.78. The second kappa shape index (κ2) is 10.9. The van der Waals surface area contributed by atoms with Crippen LogP contribution in [0, 0.1) is 5.92 Å². The lowest BCUT2D eigenvalue weighted by atomic mass is 10.1. The summed E-state index contributed by atoms with van der Waals surface area (Å²) < 4.78 is 0. The van der Waals surface area contributed by atoms with Gasteiger partial charge in [0, 0.05) is 47.8 Å². The van der Waals surface area contributed by atoms with Crippen molar-refractivity contribution < 1.29 is 14.4 Å². The van der Waals surface area contributed by atoms with E-state index in [2.05, 4.69) is 20.5 Å². The average Bonchev–Trinajstić information content (AvgIpc) is 3.57. The zero-order valence-corrected chi connectivity index (χ0v) is 21.5. The van der Waals surface area contributed by atoms with E-state index in [0.29, 0.717) is 41.4 Å². The minimum Gasteiger partial charge on any atom is -0.352 e. The van der Waals surface area contributed by atoms with Crippen LogP contribution in [0.4, 0.5) is 11.4 Å². The van der Waals surface area contributed by atoms with Crippen molar-refractivity contribution in [1.82, 2.24) is 15.2 Å². The van der Waals surface area contributed by atoms with Crippen molar-refractivity contribution in [1.29, 1.82) is 0 Å². The normalized spacial score (nSPS) is 18.8. The zero-order chi connectivity index (χ0) is 25.9. The lowest BCUT2D eigenvalue weighted by molar-refractivity contribution is -0.120. The van der Waals surface area contributed by atoms with Crippen LogP contribution in [0.15, 0.2) is 54.6 Å². The van der Waals surface area contributed by atoms with Crippen molar-refractivity contribution in [2.75, 3.05) is 36.4 Å². The summed E-state index contributed by atoms with van der Waals surface area (Å²) in [5.74, 6) is -0.209. The van der Waals surface area contributed by atoms with E-state index in [9.17, 15) is 14.4 Å². The maximum absolute atomic E-state index is 12.7. The van der Waals surface area contributed by atoms with Crippen molar-refractivity contribution >= 4 is 51.6 Å². The largest absolute Gasteiger partial charge is 0.352 e. The smallest absolute Gasteiger partial charge is 0.251 e. The molecule has 2 aliphatic rings. The highest BCUT2D eigenvalue weighted by molar-refractivity contribution is 6.29. The standard InChI is InChI=1S/C28H30ClN5O3/c1-18(33-12-2-3-13-33)27(36)31-22-7-9-23(10-8-22)34-17-19(14-26(34)35)16-30-28(37)21-5-4-20-6-11-25(29)32-24(20)15-21/h4-11,15,18-19H,2-3,12-14,16-17H2,1H3,(H,30,37)(H,31,36). The molecule has 0 radical (unpaired) electrons. The summed E-state index contributed by atoms with van der Waals surface area (Å²) in [7, 11) is 0. The summed E-state index contributed by atoms with van der Waals surface area (Å²) in [6.45, 7) is 4.76. The van der Waals surface area contributed by atoms with Crippen molar-refractivity contribution in [2.45, 2.75) is 32.2 Å². The Hall–Kier alpha value is -3.49. The molecule has 5 rings (SSSR count). The first kappa shape index (κ1) is 25.2. The topological polar surface area (TPSA) is 94.6 Å². The van der Waals surface area contributed by atoms with Crippen LogP contribution < -0.4 is 15.5 Å². The molecule has 3 amide bonds. The molecule has 37 heavy (non-hydrogen) atoms. The number of halogens is 1. The van der Waals surface area contributed by atoms with Crippen LogP contribution in [-0.4, -0.2) is 59.8 Å². The van der Waals surface area contributed by atoms with Gasteiger partial charge in [0.2, 0.25) is 11.8 Å². The molecule has 8 nitrogen and oxygen atoms in total. The molecule has 2 saturated heterocycles. The number of nitrogens with zero attached hydrogens (tertiary/aromatic N) is 3. The van der Waals surface area contributed by atoms with Gasteiger partial charge in [-0.05, 0) is 81.4 Å². The maximum atomic E-state index is 12.7. The van der Waals surface area contributed by atoms with E-state index in [1.54, 1.807) is 23.1 Å². The molecule has 2 aromatic carbocycles. The molecule has 0 bridgehead atoms. The van der Waals surface area contributed by atoms with E-state index < -0.39 is 0 Å². The van der Waals surface area contributed by atoms with Crippen molar-refractivity contribution in [3.63, 3.8) is 0 Å². The van der Waals surface area contributed by atoms with Gasteiger partial charge in [-0.25, -0.2) is 4.98 Å². The van der Waals surface area contributed by atoms with Crippen LogP contribution in [0.5, 0.6) is 0 Å². The molecule has 2 N–H and O–H groups in total. The summed E-state index contributed by atoms with van der Waals surface area (Å²) >= 11 is 5.97. The minimum atomic E-state index is -0.210. The molecule has 3 heterocycles. The molecule has 2 fully saturated rings. The first-order valence-corrected chi connectivity index (χ1v) is 13.0. The van der Waals surface area contributed by atoms with Gasteiger partial charge in [-0.3, -0.25) is 19.3 Å². The van der Waals surface area contributed by atoms with Gasteiger partial charge in [0.05, 0.1) is 11.6 Å². The number of carbonyl (C=O) groups is 3. The molecule has 2 atom stereocenters. The van der Waals surface area contributed by atoms with Gasteiger partial charge in [0.25, 0.3) is 5.91 Å². The van der Waals surface area contributed by atoms with Gasteiger partial charge in [0.15, 0.2) is 0 Å². The van der Waals surface area contributed by atoms with Gasteiger partial charge >= 0.3 is 0 Å². The number of hydrogen-bond acceptors (Lipinski definition) is 5. The van der Waals surface area contributed by atoms with Gasteiger partial charge < -0.3 is 15.5 Å². The predicted octanol–water partition coefficient (Wildman–Crippen LogP) is 4.09. The monoisotopic (exact) mass is 519 g/mol. The molecule has 3 aromatic rings. The van der Waals surface area contributed by atoms with E-state index in [4.69, 9.17) is 11.6 Å². The summed E-state index contributed by atoms with van der Waals surface area (Å²) in [5, 5.41) is 7.21. The van der Waals surface area contributed by atoms with Crippen LogP contribution in [0.2, 0.25) is 5.15 Å². The molecule has 9 heteroatoms. The van der Waals surface area contributed by atoms with E-state index in [1.807, 2.05) is 43.3 Å². The summed E-state index contributed by atoms with van der Waals surface area (Å²) in [4.78, 5) is 46.2. The molecule has 1 aromatic heterocycles. The fourth-order valence-electron chi connectivity index (χ4n) is 5.01. The van der Waals surface area contributed by atoms with Crippen LogP contribution >= 0.6 is 11.6 Å². The second-order valence-corrected chi connectivity index (χ2v) is 10.2. The van der Waals surface area contributed by atoms with Gasteiger partial charge in [-0.15, -0.1) is 0 Å². The van der Waals surface area contributed by atoms with Gasteiger partial charge in [-0.1, -0.05) is 17.7 Å². The van der Waals surface area contributed by atoms with E-state index in [-0.39, 0.29) is 29.7 Å². The lowest BCUT2D eigenvalue weighted by Gasteiger charge is -2.23. The number of pyridine rings is 1. The number of benzene rings is 2. The van der Waals surface area contributed by atoms with E-state index in [1.165, 1.54) is 0 Å². The first-order chi connectivity index (χ1) is 17.9. The molecular weight excluding hydrogens is 490 g/mol. The fraction of sp³-hybridized carbons (Fsp3) is 0.357. The quantitative estimate of drug-likeness (QED) is 0.458. The summed E-state index contributed by atoms with van der Waals surface area (Å²) in [5.41, 5.74) is 2.65. The number of fused-ring (bicyclic) bond motifs is 1. The van der Waals surface area contributed by atoms with E-state index in [0.717, 1.165) is 37.0 Å². The maximum Gasteiger partial charge on any atom is 0.251 e. The summed E-state index contributed by atoms with van der Waals surface area (Å²) in [6.07, 6.45) is 2.63. The SMILES string of the molecule is CC(C(=O)Nc1ccc(N2CC(CNC(=O)c3ccc4ccc(Cl)nc4c3)CC2=O)cc1)N1CCCC1. The Morgan fingerprint density at radius 2 is 1.81 bits per heavy atom. The number of amides is 3. The molecule has 2 aliphatic heterocycles. The Labute approximate surface area is 221 Å². The van der Waals surface area contributed by atoms with Gasteiger partial charge in [0.1, 0.15) is 5.15 Å². The lowest BCUT2D eigenvalue weighted by Crippen LogP contribution is -2.40. The molecule has 0 saturated carbocycles. The van der Waals surface area contributed by atoms with Crippen molar-refractivity contribution in [3.8, 4) is 0 Å². The van der Waals surface area contributed by atoms with Gasteiger partial charge in [-0.2, -0.15) is 0 Å². The van der Waals surface area contributed by atoms with E-state index >= 15 is 0 Å². The number of likely N-dealkylation sites (tertiary alicyclic amines) is 1. The third kappa shape index (κ3) is 5.76. The van der Waals surface area contributed by atoms with Crippen LogP contribution in [0.1, 0.15) is 36.5 Å². The number of rotatable bonds is 7. The van der Waals surface area contributed by atoms with Crippen molar-refractivity contribution in [3.05, 3.63) is 65.3 Å². The van der Waals surface area contributed by atoms with Crippen LogP contribution in [-0.2, 0) is 9.59 Å². The number of anilines is 2. The molecule has 2 unspecified atom stereocenters. The first-order valence-electron chi connectivity index (χ1n) is 12.7. The Kier molecular flexibility index (Phi) is 7.39. The average molecular weight is 520 g/mol. The predicted molar refractivity (Wildman–Crippen MR) is 145 cm³/mol. The molecule has 192 valence electrons. The Balaban J connectivity index is 1.15. The summed E-state index contributed by atoms with van der Waals surface area (Å²) in [6, 6.07) is 16.1. The van der Waals surface area contributed by atoms with Crippen LogP contribution in [0.3, 0.4) is 0 Å². The number of nitrogens with one attached hydrogen (secondary N) is 2. The number of aromatic nitrogens is 1. The fourth-order valence-corrected chi connectivity index (χ4v) is 5.16. The number of carbonyl (C=O) groups excluding carboxylic acids is 3.